The molecule has 0 spiro atoms. The van der Waals surface area contributed by atoms with E-state index in [4.69, 9.17) is 16.3 Å². The van der Waals surface area contributed by atoms with Crippen LogP contribution in [0.4, 0.5) is 4.39 Å². The molecule has 7 heteroatoms. The molecule has 0 aliphatic rings. The van der Waals surface area contributed by atoms with Crippen LogP contribution in [-0.2, 0) is 4.79 Å². The van der Waals surface area contributed by atoms with E-state index in [0.717, 1.165) is 23.3 Å². The van der Waals surface area contributed by atoms with Crippen molar-refractivity contribution in [1.82, 2.24) is 10.9 Å². The van der Waals surface area contributed by atoms with Crippen LogP contribution in [0.5, 0.6) is 5.75 Å². The Labute approximate surface area is 156 Å². The third-order valence-corrected chi connectivity index (χ3v) is 4.10. The van der Waals surface area contributed by atoms with Crippen molar-refractivity contribution < 1.29 is 18.7 Å². The summed E-state index contributed by atoms with van der Waals surface area (Å²) in [6.07, 6.45) is 0. The minimum absolute atomic E-state index is 0.171. The normalized spacial score (nSPS) is 10.5. The fraction of sp³-hybridized carbons (Fsp3) is 0.263. The number of halogens is 2. The van der Waals surface area contributed by atoms with Crippen LogP contribution in [0.3, 0.4) is 0 Å². The van der Waals surface area contributed by atoms with Crippen LogP contribution in [0, 0.1) is 12.7 Å². The first-order valence-corrected chi connectivity index (χ1v) is 8.43. The summed E-state index contributed by atoms with van der Waals surface area (Å²) in [6, 6.07) is 8.57. The van der Waals surface area contributed by atoms with Crippen molar-refractivity contribution in [2.24, 2.45) is 0 Å². The Morgan fingerprint density at radius 1 is 1.15 bits per heavy atom. The Balaban J connectivity index is 1.92. The number of aryl methyl sites for hydroxylation is 1. The lowest BCUT2D eigenvalue weighted by Gasteiger charge is -2.16. The van der Waals surface area contributed by atoms with E-state index in [1.807, 2.05) is 26.8 Å². The minimum Gasteiger partial charge on any atom is -0.483 e. The molecule has 2 N–H and O–H groups in total. The van der Waals surface area contributed by atoms with E-state index >= 15 is 0 Å². The second kappa shape index (κ2) is 8.67. The highest BCUT2D eigenvalue weighted by Crippen LogP contribution is 2.31. The molecule has 0 aliphatic heterocycles. The Hall–Kier alpha value is -2.60. The smallest absolute Gasteiger partial charge is 0.276 e. The van der Waals surface area contributed by atoms with Crippen molar-refractivity contribution in [1.29, 1.82) is 0 Å². The maximum Gasteiger partial charge on any atom is 0.276 e. The number of carbonyl (C=O) groups is 2. The summed E-state index contributed by atoms with van der Waals surface area (Å²) >= 11 is 6.14. The summed E-state index contributed by atoms with van der Waals surface area (Å²) in [5.74, 6) is -0.782. The van der Waals surface area contributed by atoms with Crippen molar-refractivity contribution >= 4 is 23.4 Å². The van der Waals surface area contributed by atoms with Gasteiger partial charge in [-0.15, -0.1) is 0 Å². The number of amides is 2. The summed E-state index contributed by atoms with van der Waals surface area (Å²) in [6.45, 7) is 5.57. The van der Waals surface area contributed by atoms with Gasteiger partial charge in [0.15, 0.2) is 6.61 Å². The number of carbonyl (C=O) groups excluding carboxylic acids is 2. The molecule has 138 valence electrons. The first-order chi connectivity index (χ1) is 12.3. The maximum absolute atomic E-state index is 12.8. The molecule has 0 unspecified atom stereocenters. The third-order valence-electron chi connectivity index (χ3n) is 3.69. The van der Waals surface area contributed by atoms with E-state index in [0.29, 0.717) is 10.8 Å². The van der Waals surface area contributed by atoms with Crippen molar-refractivity contribution in [2.75, 3.05) is 6.61 Å². The van der Waals surface area contributed by atoms with Crippen LogP contribution in [0.1, 0.15) is 41.3 Å². The van der Waals surface area contributed by atoms with Crippen molar-refractivity contribution in [3.8, 4) is 5.75 Å². The van der Waals surface area contributed by atoms with Gasteiger partial charge in [-0.3, -0.25) is 20.4 Å². The zero-order chi connectivity index (χ0) is 19.3. The number of hydrazine groups is 1. The molecular weight excluding hydrogens is 359 g/mol. The number of ether oxygens (including phenoxy) is 1. The molecule has 0 saturated carbocycles. The van der Waals surface area contributed by atoms with E-state index < -0.39 is 17.6 Å². The molecule has 5 nitrogen and oxygen atoms in total. The number of nitrogens with one attached hydrogen (secondary N) is 2. The summed E-state index contributed by atoms with van der Waals surface area (Å²) in [4.78, 5) is 23.8. The molecule has 0 atom stereocenters. The van der Waals surface area contributed by atoms with E-state index in [1.54, 1.807) is 6.07 Å². The SMILES string of the molecule is Cc1cc(OCC(=O)NNC(=O)c2ccc(F)cc2)c(C(C)C)cc1Cl. The monoisotopic (exact) mass is 378 g/mol. The van der Waals surface area contributed by atoms with Gasteiger partial charge < -0.3 is 4.74 Å². The van der Waals surface area contributed by atoms with E-state index in [2.05, 4.69) is 10.9 Å². The van der Waals surface area contributed by atoms with Gasteiger partial charge in [0.05, 0.1) is 0 Å². The van der Waals surface area contributed by atoms with Crippen LogP contribution in [0.15, 0.2) is 36.4 Å². The number of rotatable bonds is 5. The minimum atomic E-state index is -0.552. The summed E-state index contributed by atoms with van der Waals surface area (Å²) < 4.78 is 18.4. The van der Waals surface area contributed by atoms with Gasteiger partial charge in [0, 0.05) is 10.6 Å². The lowest BCUT2D eigenvalue weighted by atomic mass is 10.0. The highest BCUT2D eigenvalue weighted by Gasteiger charge is 2.13. The lowest BCUT2D eigenvalue weighted by molar-refractivity contribution is -0.123. The lowest BCUT2D eigenvalue weighted by Crippen LogP contribution is -2.43. The molecule has 0 radical (unpaired) electrons. The maximum atomic E-state index is 12.8. The van der Waals surface area contributed by atoms with Crippen molar-refractivity contribution in [3.05, 3.63) is 63.9 Å². The first kappa shape index (κ1) is 19.7. The molecular formula is C19H20ClFN2O3. The molecule has 26 heavy (non-hydrogen) atoms. The fourth-order valence-electron chi connectivity index (χ4n) is 2.23. The van der Waals surface area contributed by atoms with Crippen LogP contribution in [-0.4, -0.2) is 18.4 Å². The average molecular weight is 379 g/mol. The zero-order valence-electron chi connectivity index (χ0n) is 14.7. The fourth-order valence-corrected chi connectivity index (χ4v) is 2.40. The Bertz CT molecular complexity index is 807. The van der Waals surface area contributed by atoms with E-state index in [-0.39, 0.29) is 18.1 Å². The highest BCUT2D eigenvalue weighted by atomic mass is 35.5. The van der Waals surface area contributed by atoms with Crippen LogP contribution >= 0.6 is 11.6 Å². The summed E-state index contributed by atoms with van der Waals surface area (Å²) in [5, 5.41) is 0.636. The largest absolute Gasteiger partial charge is 0.483 e. The van der Waals surface area contributed by atoms with Gasteiger partial charge in [0.25, 0.3) is 11.8 Å². The molecule has 2 rings (SSSR count). The molecule has 2 aromatic rings. The zero-order valence-corrected chi connectivity index (χ0v) is 15.5. The van der Waals surface area contributed by atoms with Crippen molar-refractivity contribution in [3.63, 3.8) is 0 Å². The van der Waals surface area contributed by atoms with Gasteiger partial charge >= 0.3 is 0 Å². The topological polar surface area (TPSA) is 67.4 Å². The van der Waals surface area contributed by atoms with Crippen LogP contribution < -0.4 is 15.6 Å². The second-order valence-electron chi connectivity index (χ2n) is 6.09. The van der Waals surface area contributed by atoms with Crippen LogP contribution in [0.25, 0.3) is 0 Å². The van der Waals surface area contributed by atoms with E-state index in [9.17, 15) is 14.0 Å². The Morgan fingerprint density at radius 2 is 1.81 bits per heavy atom. The van der Waals surface area contributed by atoms with E-state index in [1.165, 1.54) is 12.1 Å². The molecule has 0 saturated heterocycles. The summed E-state index contributed by atoms with van der Waals surface area (Å²) in [5.41, 5.74) is 6.47. The molecule has 0 aromatic heterocycles. The van der Waals surface area contributed by atoms with Gasteiger partial charge in [-0.1, -0.05) is 25.4 Å². The van der Waals surface area contributed by atoms with Gasteiger partial charge in [0.2, 0.25) is 0 Å². The molecule has 2 amide bonds. The van der Waals surface area contributed by atoms with Gasteiger partial charge in [-0.25, -0.2) is 4.39 Å². The predicted molar refractivity (Wildman–Crippen MR) is 97.8 cm³/mol. The third kappa shape index (κ3) is 5.20. The number of hydrogen-bond acceptors (Lipinski definition) is 3. The number of benzene rings is 2. The highest BCUT2D eigenvalue weighted by molar-refractivity contribution is 6.31. The quantitative estimate of drug-likeness (QED) is 0.778. The molecule has 0 bridgehead atoms. The van der Waals surface area contributed by atoms with Gasteiger partial charge in [-0.05, 0) is 60.4 Å². The van der Waals surface area contributed by atoms with Gasteiger partial charge in [0.1, 0.15) is 11.6 Å². The Kier molecular flexibility index (Phi) is 6.58. The molecule has 2 aromatic carbocycles. The average Bonchev–Trinajstić information content (AvgIpc) is 2.60. The molecule has 0 aliphatic carbocycles. The summed E-state index contributed by atoms with van der Waals surface area (Å²) in [7, 11) is 0. The van der Waals surface area contributed by atoms with Crippen LogP contribution in [0.2, 0.25) is 5.02 Å². The Morgan fingerprint density at radius 3 is 2.42 bits per heavy atom. The first-order valence-electron chi connectivity index (χ1n) is 8.05. The van der Waals surface area contributed by atoms with Crippen molar-refractivity contribution in [2.45, 2.75) is 26.7 Å². The second-order valence-corrected chi connectivity index (χ2v) is 6.50. The standard InChI is InChI=1S/C19H20ClFN2O3/c1-11(2)15-9-16(20)12(3)8-17(15)26-10-18(24)22-23-19(25)13-4-6-14(21)7-5-13/h4-9,11H,10H2,1-3H3,(H,22,24)(H,23,25). The number of hydrogen-bond donors (Lipinski definition) is 2. The molecule has 0 heterocycles. The van der Waals surface area contributed by atoms with Gasteiger partial charge in [-0.2, -0.15) is 0 Å². The molecule has 0 fully saturated rings. The predicted octanol–water partition coefficient (Wildman–Crippen LogP) is 3.75.